The van der Waals surface area contributed by atoms with Crippen molar-refractivity contribution in [2.75, 3.05) is 0 Å². The van der Waals surface area contributed by atoms with Crippen molar-refractivity contribution in [1.82, 2.24) is 0 Å². The molecule has 0 radical (unpaired) electrons. The molecule has 1 aliphatic rings. The highest BCUT2D eigenvalue weighted by Crippen LogP contribution is 2.04. The highest BCUT2D eigenvalue weighted by molar-refractivity contribution is 7.76. The predicted molar refractivity (Wildman–Crippen MR) is 47.8 cm³/mol. The van der Waals surface area contributed by atoms with Gasteiger partial charge < -0.3 is 9.87 Å². The van der Waals surface area contributed by atoms with Crippen LogP contribution in [-0.2, 0) is 11.3 Å². The summed E-state index contributed by atoms with van der Waals surface area (Å²) < 4.78 is 17.6. The van der Waals surface area contributed by atoms with Gasteiger partial charge in [-0.25, -0.2) is 0 Å². The van der Waals surface area contributed by atoms with Crippen LogP contribution < -0.4 is 10.5 Å². The molecule has 0 aromatic rings. The third kappa shape index (κ3) is 8.13. The summed E-state index contributed by atoms with van der Waals surface area (Å²) in [7, 11) is 0. The van der Waals surface area contributed by atoms with E-state index in [1.165, 1.54) is 19.3 Å². The zero-order valence-electron chi connectivity index (χ0n) is 7.66. The van der Waals surface area contributed by atoms with E-state index < -0.39 is 11.3 Å². The van der Waals surface area contributed by atoms with Crippen molar-refractivity contribution in [1.29, 1.82) is 0 Å². The zero-order valence-corrected chi connectivity index (χ0v) is 8.47. The van der Waals surface area contributed by atoms with Crippen LogP contribution in [0.25, 0.3) is 0 Å². The Morgan fingerprint density at radius 3 is 1.92 bits per heavy atom. The standard InChI is InChI=1S/C7H15N.H3NO2S/c1-6-4-3-5-7(2)8-6;1-4(2)3/h6-8H,3-5H2,1-2H3;1H2,(H,2,3). The second kappa shape index (κ2) is 6.54. The maximum Gasteiger partial charge on any atom is 0.0832 e. The van der Waals surface area contributed by atoms with Crippen LogP contribution in [0.4, 0.5) is 0 Å². The first-order valence-electron chi connectivity index (χ1n) is 4.21. The van der Waals surface area contributed by atoms with Gasteiger partial charge in [-0.3, -0.25) is 9.35 Å². The largest absolute Gasteiger partial charge is 0.760 e. The Morgan fingerprint density at radius 2 is 1.75 bits per heavy atom. The molecule has 0 amide bonds. The second-order valence-corrected chi connectivity index (χ2v) is 3.86. The first kappa shape index (κ1) is 12.0. The van der Waals surface area contributed by atoms with E-state index in [0.717, 1.165) is 12.1 Å². The summed E-state index contributed by atoms with van der Waals surface area (Å²) in [5.74, 6) is 0. The SMILES string of the molecule is CC1CCCC(C)[NH2+]1.NS(=O)[O-]. The topological polar surface area (TPSA) is 82.8 Å². The van der Waals surface area contributed by atoms with E-state index in [0.29, 0.717) is 0 Å². The number of nitrogens with two attached hydrogens (primary N) is 2. The van der Waals surface area contributed by atoms with Crippen molar-refractivity contribution >= 4 is 11.3 Å². The molecule has 0 aliphatic carbocycles. The molecule has 3 unspecified atom stereocenters. The summed E-state index contributed by atoms with van der Waals surface area (Å²) >= 11 is -2.36. The molecule has 12 heavy (non-hydrogen) atoms. The molecule has 74 valence electrons. The summed E-state index contributed by atoms with van der Waals surface area (Å²) in [5.41, 5.74) is 0. The molecule has 1 aliphatic heterocycles. The number of quaternary nitrogens is 1. The van der Waals surface area contributed by atoms with Crippen LogP contribution >= 0.6 is 0 Å². The van der Waals surface area contributed by atoms with Crippen molar-refractivity contribution in [3.05, 3.63) is 0 Å². The fourth-order valence-electron chi connectivity index (χ4n) is 1.52. The van der Waals surface area contributed by atoms with Gasteiger partial charge in [0.15, 0.2) is 0 Å². The van der Waals surface area contributed by atoms with E-state index in [9.17, 15) is 0 Å². The maximum absolute atomic E-state index is 8.78. The Labute approximate surface area is 76.3 Å². The summed E-state index contributed by atoms with van der Waals surface area (Å²) in [6.07, 6.45) is 4.29. The molecule has 0 spiro atoms. The fraction of sp³-hybridized carbons (Fsp3) is 1.00. The monoisotopic (exact) mass is 194 g/mol. The van der Waals surface area contributed by atoms with Gasteiger partial charge in [-0.15, -0.1) is 0 Å². The number of hydrogen-bond donors (Lipinski definition) is 2. The highest BCUT2D eigenvalue weighted by Gasteiger charge is 2.16. The maximum atomic E-state index is 8.78. The Morgan fingerprint density at radius 1 is 1.42 bits per heavy atom. The molecule has 0 aromatic carbocycles. The summed E-state index contributed by atoms with van der Waals surface area (Å²) in [6, 6.07) is 1.78. The molecular formula is C7H18N2O2S. The average molecular weight is 194 g/mol. The van der Waals surface area contributed by atoms with Gasteiger partial charge in [-0.1, -0.05) is 0 Å². The highest BCUT2D eigenvalue weighted by atomic mass is 32.2. The third-order valence-corrected chi connectivity index (χ3v) is 1.98. The van der Waals surface area contributed by atoms with Crippen LogP contribution in [0.1, 0.15) is 33.1 Å². The van der Waals surface area contributed by atoms with Crippen molar-refractivity contribution < 1.29 is 14.1 Å². The molecule has 4 nitrogen and oxygen atoms in total. The molecule has 3 atom stereocenters. The second-order valence-electron chi connectivity index (χ2n) is 3.34. The third-order valence-electron chi connectivity index (χ3n) is 1.98. The summed E-state index contributed by atoms with van der Waals surface area (Å²) in [6.45, 7) is 4.63. The van der Waals surface area contributed by atoms with E-state index in [-0.39, 0.29) is 0 Å². The lowest BCUT2D eigenvalue weighted by atomic mass is 10.0. The van der Waals surface area contributed by atoms with Crippen LogP contribution in [0.15, 0.2) is 0 Å². The Bertz CT molecular complexity index is 131. The van der Waals surface area contributed by atoms with Gasteiger partial charge in [0.2, 0.25) is 0 Å². The molecule has 1 heterocycles. The van der Waals surface area contributed by atoms with Crippen molar-refractivity contribution in [2.45, 2.75) is 45.2 Å². The minimum Gasteiger partial charge on any atom is -0.760 e. The summed E-state index contributed by atoms with van der Waals surface area (Å²) in [4.78, 5) is 0. The molecule has 0 saturated carbocycles. The number of piperidine rings is 1. The van der Waals surface area contributed by atoms with E-state index >= 15 is 0 Å². The average Bonchev–Trinajstić information content (AvgIpc) is 1.84. The fourth-order valence-corrected chi connectivity index (χ4v) is 1.52. The molecule has 0 aromatic heterocycles. The molecular weight excluding hydrogens is 176 g/mol. The predicted octanol–water partition coefficient (Wildman–Crippen LogP) is -0.750. The molecule has 1 rings (SSSR count). The molecule has 1 saturated heterocycles. The van der Waals surface area contributed by atoms with Crippen LogP contribution in [0, 0.1) is 0 Å². The van der Waals surface area contributed by atoms with Gasteiger partial charge in [0.1, 0.15) is 0 Å². The van der Waals surface area contributed by atoms with Crippen LogP contribution in [0.5, 0.6) is 0 Å². The van der Waals surface area contributed by atoms with E-state index in [1.807, 2.05) is 0 Å². The van der Waals surface area contributed by atoms with Gasteiger partial charge in [0.05, 0.1) is 12.1 Å². The van der Waals surface area contributed by atoms with Crippen LogP contribution in [0.3, 0.4) is 0 Å². The smallest absolute Gasteiger partial charge is 0.0832 e. The Balaban J connectivity index is 0.000000261. The lowest BCUT2D eigenvalue weighted by molar-refractivity contribution is -0.723. The normalized spacial score (nSPS) is 31.7. The van der Waals surface area contributed by atoms with E-state index in [4.69, 9.17) is 8.76 Å². The Hall–Kier alpha value is 0.0300. The molecule has 1 fully saturated rings. The minimum atomic E-state index is -2.36. The quantitative estimate of drug-likeness (QED) is 0.497. The first-order chi connectivity index (χ1) is 5.52. The van der Waals surface area contributed by atoms with E-state index in [2.05, 4.69) is 24.3 Å². The lowest BCUT2D eigenvalue weighted by Crippen LogP contribution is -2.95. The van der Waals surface area contributed by atoms with Gasteiger partial charge in [0, 0.05) is 11.3 Å². The van der Waals surface area contributed by atoms with E-state index in [1.54, 1.807) is 0 Å². The molecule has 5 heteroatoms. The number of rotatable bonds is 0. The van der Waals surface area contributed by atoms with Crippen molar-refractivity contribution in [2.24, 2.45) is 5.14 Å². The number of hydrogen-bond acceptors (Lipinski definition) is 2. The van der Waals surface area contributed by atoms with Crippen molar-refractivity contribution in [3.63, 3.8) is 0 Å². The zero-order chi connectivity index (χ0) is 9.56. The van der Waals surface area contributed by atoms with Gasteiger partial charge in [0.25, 0.3) is 0 Å². The lowest BCUT2D eigenvalue weighted by Gasteiger charge is -2.21. The minimum absolute atomic E-state index is 0.888. The van der Waals surface area contributed by atoms with Crippen LogP contribution in [-0.4, -0.2) is 20.8 Å². The molecule has 0 bridgehead atoms. The van der Waals surface area contributed by atoms with Crippen molar-refractivity contribution in [3.8, 4) is 0 Å². The Kier molecular flexibility index (Phi) is 6.55. The van der Waals surface area contributed by atoms with Crippen LogP contribution in [0.2, 0.25) is 0 Å². The van der Waals surface area contributed by atoms with Gasteiger partial charge >= 0.3 is 0 Å². The first-order valence-corrected chi connectivity index (χ1v) is 5.34. The van der Waals surface area contributed by atoms with Gasteiger partial charge in [-0.2, -0.15) is 0 Å². The summed E-state index contributed by atoms with van der Waals surface area (Å²) in [5, 5.41) is 6.50. The van der Waals surface area contributed by atoms with Gasteiger partial charge in [-0.05, 0) is 33.1 Å². The molecule has 4 N–H and O–H groups in total.